The summed E-state index contributed by atoms with van der Waals surface area (Å²) in [6, 6.07) is 18.6. The molecule has 0 spiro atoms. The Morgan fingerprint density at radius 2 is 0.926 bits per heavy atom. The molecule has 288 valence electrons. The van der Waals surface area contributed by atoms with Crippen LogP contribution in [-0.2, 0) is 5.54 Å². The van der Waals surface area contributed by atoms with Gasteiger partial charge in [-0.2, -0.15) is 0 Å². The number of amides is 1. The fourth-order valence-corrected chi connectivity index (χ4v) is 6.73. The molecule has 1 aromatic heterocycles. The zero-order chi connectivity index (χ0) is 40.2. The summed E-state index contributed by atoms with van der Waals surface area (Å²) in [6.07, 6.45) is 1.67. The molecule has 1 amide bonds. The van der Waals surface area contributed by atoms with Crippen LogP contribution >= 0.6 is 0 Å². The van der Waals surface area contributed by atoms with E-state index in [0.717, 1.165) is 33.4 Å². The predicted octanol–water partition coefficient (Wildman–Crippen LogP) is 11.9. The first-order chi connectivity index (χ1) is 25.2. The second-order valence-corrected chi connectivity index (χ2v) is 16.8. The number of esters is 2. The summed E-state index contributed by atoms with van der Waals surface area (Å²) in [6.45, 7) is 28.7. The summed E-state index contributed by atoms with van der Waals surface area (Å²) in [4.78, 5) is 47.9. The second-order valence-electron chi connectivity index (χ2n) is 16.8. The molecule has 0 bridgehead atoms. The Balaban J connectivity index is 1.91. The molecule has 0 atom stereocenters. The van der Waals surface area contributed by atoms with Gasteiger partial charge in [-0.15, -0.1) is 0 Å². The molecule has 0 unspecified atom stereocenters. The van der Waals surface area contributed by atoms with Gasteiger partial charge < -0.3 is 14.8 Å². The lowest BCUT2D eigenvalue weighted by Crippen LogP contribution is -2.42. The summed E-state index contributed by atoms with van der Waals surface area (Å²) in [5.74, 6) is -1.10. The van der Waals surface area contributed by atoms with Crippen molar-refractivity contribution >= 4 is 17.8 Å². The topological polar surface area (TPSA) is 94.6 Å². The van der Waals surface area contributed by atoms with Gasteiger partial charge in [-0.1, -0.05) is 119 Å². The fourth-order valence-electron chi connectivity index (χ4n) is 6.73. The van der Waals surface area contributed by atoms with Crippen LogP contribution in [0.25, 0.3) is 0 Å². The lowest BCUT2D eigenvalue weighted by atomic mass is 9.84. The van der Waals surface area contributed by atoms with Gasteiger partial charge in [-0.05, 0) is 107 Å². The number of pyridine rings is 1. The quantitative estimate of drug-likeness (QED) is 0.109. The fraction of sp³-hybridized carbons (Fsp3) is 0.447. The zero-order valence-corrected chi connectivity index (χ0v) is 34.8. The molecule has 7 heteroatoms. The molecule has 3 aromatic carbocycles. The van der Waals surface area contributed by atoms with Crippen molar-refractivity contribution in [2.75, 3.05) is 0 Å². The molecule has 0 radical (unpaired) electrons. The smallest absolute Gasteiger partial charge is 0.344 e. The van der Waals surface area contributed by atoms with Gasteiger partial charge in [-0.25, -0.2) is 9.59 Å². The average Bonchev–Trinajstić information content (AvgIpc) is 3.10. The minimum absolute atomic E-state index is 0.0136. The number of nitrogens with one attached hydrogen (secondary N) is 1. The second kappa shape index (κ2) is 17.1. The first-order valence-corrected chi connectivity index (χ1v) is 19.4. The van der Waals surface area contributed by atoms with Gasteiger partial charge in [0.15, 0.2) is 0 Å². The van der Waals surface area contributed by atoms with Crippen LogP contribution in [0, 0.1) is 0 Å². The van der Waals surface area contributed by atoms with Crippen LogP contribution in [0.4, 0.5) is 0 Å². The minimum Gasteiger partial charge on any atom is -0.422 e. The first kappa shape index (κ1) is 42.0. The van der Waals surface area contributed by atoms with Gasteiger partial charge in [0, 0.05) is 6.20 Å². The van der Waals surface area contributed by atoms with Crippen LogP contribution in [0.15, 0.2) is 66.9 Å². The number of hydrogen-bond donors (Lipinski definition) is 1. The number of aromatic nitrogens is 1. The highest BCUT2D eigenvalue weighted by molar-refractivity contribution is 6.04. The molecule has 0 fully saturated rings. The first-order valence-electron chi connectivity index (χ1n) is 19.4. The highest BCUT2D eigenvalue weighted by Gasteiger charge is 2.32. The Bertz CT molecular complexity index is 1820. The van der Waals surface area contributed by atoms with E-state index >= 15 is 0 Å². The molecule has 0 saturated carbocycles. The van der Waals surface area contributed by atoms with E-state index in [2.05, 4.69) is 118 Å². The van der Waals surface area contributed by atoms with Gasteiger partial charge >= 0.3 is 11.9 Å². The molecule has 4 rings (SSSR count). The van der Waals surface area contributed by atoms with E-state index in [1.54, 1.807) is 24.4 Å². The third kappa shape index (κ3) is 9.29. The largest absolute Gasteiger partial charge is 0.422 e. The molecule has 0 saturated heterocycles. The van der Waals surface area contributed by atoms with E-state index in [9.17, 15) is 14.4 Å². The lowest BCUT2D eigenvalue weighted by molar-refractivity contribution is 0.0722. The average molecular weight is 733 g/mol. The van der Waals surface area contributed by atoms with Crippen molar-refractivity contribution in [3.63, 3.8) is 0 Å². The maximum atomic E-state index is 14.5. The van der Waals surface area contributed by atoms with Gasteiger partial charge in [-0.3, -0.25) is 9.78 Å². The maximum absolute atomic E-state index is 14.5. The van der Waals surface area contributed by atoms with E-state index in [1.807, 2.05) is 32.0 Å². The molecule has 4 aromatic rings. The van der Waals surface area contributed by atoms with Crippen LogP contribution < -0.4 is 14.8 Å². The maximum Gasteiger partial charge on any atom is 0.344 e. The van der Waals surface area contributed by atoms with Gasteiger partial charge in [0.1, 0.15) is 17.1 Å². The van der Waals surface area contributed by atoms with Crippen molar-refractivity contribution in [3.05, 3.63) is 123 Å². The van der Waals surface area contributed by atoms with Crippen molar-refractivity contribution in [3.8, 4) is 11.5 Å². The molecule has 0 aliphatic rings. The van der Waals surface area contributed by atoms with Crippen LogP contribution in [0.5, 0.6) is 11.5 Å². The van der Waals surface area contributed by atoms with Crippen LogP contribution in [0.1, 0.15) is 203 Å². The molecule has 1 heterocycles. The van der Waals surface area contributed by atoms with Crippen molar-refractivity contribution in [2.24, 2.45) is 0 Å². The Morgan fingerprint density at radius 1 is 0.537 bits per heavy atom. The standard InChI is InChI=1S/C47H60N2O5/c1-26(2)32-22-34(28(5)6)41(35(23-32)29(7)8)45(51)53-38-18-17-19-39(43(38)44(50)49-47(13,14)40-20-15-16-21-48-40)54-46(52)42-36(30(9)10)24-33(27(3)4)25-37(42)31(11)12/h15-31H,1-14H3,(H,49,50). The van der Waals surface area contributed by atoms with Crippen molar-refractivity contribution in [1.29, 1.82) is 0 Å². The normalized spacial score (nSPS) is 12.0. The van der Waals surface area contributed by atoms with E-state index in [4.69, 9.17) is 9.47 Å². The van der Waals surface area contributed by atoms with E-state index in [0.29, 0.717) is 16.8 Å². The Kier molecular flexibility index (Phi) is 13.3. The molecule has 54 heavy (non-hydrogen) atoms. The highest BCUT2D eigenvalue weighted by Crippen LogP contribution is 2.37. The number of rotatable bonds is 13. The predicted molar refractivity (Wildman–Crippen MR) is 219 cm³/mol. The van der Waals surface area contributed by atoms with Gasteiger partial charge in [0.05, 0.1) is 22.4 Å². The molecule has 0 aliphatic heterocycles. The van der Waals surface area contributed by atoms with Gasteiger partial charge in [0.25, 0.3) is 5.91 Å². The van der Waals surface area contributed by atoms with Crippen molar-refractivity contribution < 1.29 is 23.9 Å². The lowest BCUT2D eigenvalue weighted by Gasteiger charge is -2.27. The third-order valence-corrected chi connectivity index (χ3v) is 10.0. The summed E-state index contributed by atoms with van der Waals surface area (Å²) >= 11 is 0. The SMILES string of the molecule is CC(C)c1cc(C(C)C)c(C(=O)Oc2cccc(OC(=O)c3c(C(C)C)cc(C(C)C)cc3C(C)C)c2C(=O)NC(C)(C)c2ccccn2)c(C(C)C)c1. The number of carbonyl (C=O) groups excluding carboxylic acids is 3. The number of nitrogens with zero attached hydrogens (tertiary/aromatic N) is 1. The van der Waals surface area contributed by atoms with Crippen LogP contribution in [0.3, 0.4) is 0 Å². The van der Waals surface area contributed by atoms with E-state index in [1.165, 1.54) is 0 Å². The van der Waals surface area contributed by atoms with Crippen molar-refractivity contribution in [2.45, 2.75) is 138 Å². The van der Waals surface area contributed by atoms with Crippen LogP contribution in [-0.4, -0.2) is 22.8 Å². The summed E-state index contributed by atoms with van der Waals surface area (Å²) in [5, 5.41) is 3.07. The minimum atomic E-state index is -0.929. The van der Waals surface area contributed by atoms with Gasteiger partial charge in [0.2, 0.25) is 0 Å². The number of carbonyl (C=O) groups is 3. The molecule has 7 nitrogen and oxygen atoms in total. The summed E-state index contributed by atoms with van der Waals surface area (Å²) in [5.41, 5.74) is 6.43. The van der Waals surface area contributed by atoms with Crippen LogP contribution in [0.2, 0.25) is 0 Å². The molecule has 1 N–H and O–H groups in total. The number of benzene rings is 3. The molecule has 0 aliphatic carbocycles. The van der Waals surface area contributed by atoms with Crippen molar-refractivity contribution in [1.82, 2.24) is 10.3 Å². The van der Waals surface area contributed by atoms with E-state index < -0.39 is 23.4 Å². The molecular formula is C47H60N2O5. The highest BCUT2D eigenvalue weighted by atomic mass is 16.5. The summed E-state index contributed by atoms with van der Waals surface area (Å²) < 4.78 is 12.5. The number of hydrogen-bond acceptors (Lipinski definition) is 6. The molecular weight excluding hydrogens is 673 g/mol. The summed E-state index contributed by atoms with van der Waals surface area (Å²) in [7, 11) is 0. The zero-order valence-electron chi connectivity index (χ0n) is 34.8. The number of ether oxygens (including phenoxy) is 2. The Labute approximate surface area is 323 Å². The van der Waals surface area contributed by atoms with E-state index in [-0.39, 0.29) is 52.6 Å². The third-order valence-electron chi connectivity index (χ3n) is 10.0. The Hall–Kier alpha value is -4.78. The monoisotopic (exact) mass is 732 g/mol. The Morgan fingerprint density at radius 3 is 1.24 bits per heavy atom.